The number of hydrogen-bond acceptors (Lipinski definition) is 3. The number of nitrogens with one attached hydrogen (secondary N) is 1. The van der Waals surface area contributed by atoms with Gasteiger partial charge in [-0.25, -0.2) is 4.79 Å². The summed E-state index contributed by atoms with van der Waals surface area (Å²) in [5, 5.41) is 11.4. The Morgan fingerprint density at radius 3 is 2.67 bits per heavy atom. The number of carbonyl (C=O) groups is 1. The molecule has 2 atom stereocenters. The van der Waals surface area contributed by atoms with Gasteiger partial charge in [-0.05, 0) is 11.8 Å². The monoisotopic (exact) mass is 173 g/mol. The Labute approximate surface area is 71.9 Å². The lowest BCUT2D eigenvalue weighted by Crippen LogP contribution is -2.49. The summed E-state index contributed by atoms with van der Waals surface area (Å²) >= 11 is 0. The Balaban J connectivity index is 2.34. The van der Waals surface area contributed by atoms with Crippen molar-refractivity contribution >= 4 is 5.97 Å². The fraction of sp³-hybridized carbons (Fsp3) is 0.875. The second-order valence-corrected chi connectivity index (χ2v) is 3.46. The van der Waals surface area contributed by atoms with Crippen LogP contribution in [0.25, 0.3) is 0 Å². The molecule has 0 spiro atoms. The zero-order valence-electron chi connectivity index (χ0n) is 7.41. The van der Waals surface area contributed by atoms with Crippen LogP contribution in [-0.2, 0) is 9.53 Å². The summed E-state index contributed by atoms with van der Waals surface area (Å²) in [5.41, 5.74) is 0. The van der Waals surface area contributed by atoms with E-state index in [1.54, 1.807) is 0 Å². The SMILES string of the molecule is CC(C)C1CNC(C(=O)O)OC1. The van der Waals surface area contributed by atoms with Gasteiger partial charge < -0.3 is 9.84 Å². The van der Waals surface area contributed by atoms with Gasteiger partial charge in [0.1, 0.15) is 0 Å². The summed E-state index contributed by atoms with van der Waals surface area (Å²) in [5.74, 6) is 0.0325. The van der Waals surface area contributed by atoms with Crippen molar-refractivity contribution in [3.63, 3.8) is 0 Å². The molecule has 0 saturated carbocycles. The molecule has 4 heteroatoms. The predicted molar refractivity (Wildman–Crippen MR) is 43.7 cm³/mol. The first-order valence-electron chi connectivity index (χ1n) is 4.19. The Hall–Kier alpha value is -0.610. The van der Waals surface area contributed by atoms with Crippen molar-refractivity contribution in [1.29, 1.82) is 0 Å². The smallest absolute Gasteiger partial charge is 0.348 e. The zero-order chi connectivity index (χ0) is 9.14. The highest BCUT2D eigenvalue weighted by molar-refractivity contribution is 5.71. The second-order valence-electron chi connectivity index (χ2n) is 3.46. The van der Waals surface area contributed by atoms with Crippen LogP contribution in [0.1, 0.15) is 13.8 Å². The quantitative estimate of drug-likeness (QED) is 0.630. The summed E-state index contributed by atoms with van der Waals surface area (Å²) in [6, 6.07) is 0. The summed E-state index contributed by atoms with van der Waals surface area (Å²) in [7, 11) is 0. The molecule has 0 amide bonds. The Morgan fingerprint density at radius 2 is 2.33 bits per heavy atom. The van der Waals surface area contributed by atoms with E-state index in [0.717, 1.165) is 6.54 Å². The largest absolute Gasteiger partial charge is 0.478 e. The van der Waals surface area contributed by atoms with Crippen LogP contribution in [-0.4, -0.2) is 30.5 Å². The van der Waals surface area contributed by atoms with Gasteiger partial charge in [0.15, 0.2) is 0 Å². The molecule has 1 fully saturated rings. The maximum absolute atomic E-state index is 10.4. The highest BCUT2D eigenvalue weighted by Crippen LogP contribution is 2.14. The van der Waals surface area contributed by atoms with Crippen LogP contribution in [0.5, 0.6) is 0 Å². The number of rotatable bonds is 2. The van der Waals surface area contributed by atoms with E-state index in [1.165, 1.54) is 0 Å². The van der Waals surface area contributed by atoms with Crippen LogP contribution in [0.2, 0.25) is 0 Å². The fourth-order valence-electron chi connectivity index (χ4n) is 1.18. The summed E-state index contributed by atoms with van der Waals surface area (Å²) in [6.07, 6.45) is -0.806. The van der Waals surface area contributed by atoms with E-state index in [1.807, 2.05) is 0 Å². The van der Waals surface area contributed by atoms with Gasteiger partial charge >= 0.3 is 5.97 Å². The number of carboxylic acids is 1. The Bertz CT molecular complexity index is 162. The molecule has 1 saturated heterocycles. The zero-order valence-corrected chi connectivity index (χ0v) is 7.41. The van der Waals surface area contributed by atoms with E-state index < -0.39 is 12.2 Å². The molecule has 0 aliphatic carbocycles. The molecule has 0 bridgehead atoms. The van der Waals surface area contributed by atoms with E-state index in [-0.39, 0.29) is 0 Å². The molecular formula is C8H15NO3. The molecular weight excluding hydrogens is 158 g/mol. The third-order valence-electron chi connectivity index (χ3n) is 2.21. The highest BCUT2D eigenvalue weighted by atomic mass is 16.5. The molecule has 2 N–H and O–H groups in total. The van der Waals surface area contributed by atoms with Gasteiger partial charge in [0.2, 0.25) is 6.23 Å². The average molecular weight is 173 g/mol. The van der Waals surface area contributed by atoms with Crippen LogP contribution >= 0.6 is 0 Å². The lowest BCUT2D eigenvalue weighted by molar-refractivity contribution is -0.158. The first kappa shape index (κ1) is 9.48. The van der Waals surface area contributed by atoms with E-state index >= 15 is 0 Å². The number of ether oxygens (including phenoxy) is 1. The molecule has 12 heavy (non-hydrogen) atoms. The molecule has 0 radical (unpaired) electrons. The standard InChI is InChI=1S/C8H15NO3/c1-5(2)6-3-9-7(8(10)11)12-4-6/h5-7,9H,3-4H2,1-2H3,(H,10,11). The third kappa shape index (κ3) is 2.19. The fourth-order valence-corrected chi connectivity index (χ4v) is 1.18. The van der Waals surface area contributed by atoms with Crippen molar-refractivity contribution in [2.75, 3.05) is 13.2 Å². The number of aliphatic carboxylic acids is 1. The summed E-state index contributed by atoms with van der Waals surface area (Å²) in [6.45, 7) is 5.49. The van der Waals surface area contributed by atoms with Crippen LogP contribution in [0.3, 0.4) is 0 Å². The van der Waals surface area contributed by atoms with E-state index in [4.69, 9.17) is 9.84 Å². The molecule has 2 unspecified atom stereocenters. The Kier molecular flexibility index (Phi) is 3.05. The lowest BCUT2D eigenvalue weighted by atomic mass is 9.96. The molecule has 1 aliphatic rings. The molecule has 4 nitrogen and oxygen atoms in total. The van der Waals surface area contributed by atoms with Crippen LogP contribution in [0.4, 0.5) is 0 Å². The first-order valence-corrected chi connectivity index (χ1v) is 4.19. The molecule has 1 aliphatic heterocycles. The van der Waals surface area contributed by atoms with Crippen molar-refractivity contribution in [2.45, 2.75) is 20.1 Å². The highest BCUT2D eigenvalue weighted by Gasteiger charge is 2.27. The molecule has 0 aromatic rings. The first-order chi connectivity index (χ1) is 5.61. The molecule has 0 aromatic heterocycles. The van der Waals surface area contributed by atoms with Gasteiger partial charge in [0.25, 0.3) is 0 Å². The molecule has 1 heterocycles. The second kappa shape index (κ2) is 3.87. The van der Waals surface area contributed by atoms with Crippen molar-refractivity contribution in [1.82, 2.24) is 5.32 Å². The molecule has 70 valence electrons. The molecule has 0 aromatic carbocycles. The van der Waals surface area contributed by atoms with Crippen LogP contribution in [0.15, 0.2) is 0 Å². The van der Waals surface area contributed by atoms with Gasteiger partial charge in [-0.1, -0.05) is 13.8 Å². The predicted octanol–water partition coefficient (Wildman–Crippen LogP) is 0.289. The number of hydrogen-bond donors (Lipinski definition) is 2. The minimum Gasteiger partial charge on any atom is -0.478 e. The number of carboxylic acid groups (broad SMARTS) is 1. The topological polar surface area (TPSA) is 58.6 Å². The van der Waals surface area contributed by atoms with E-state index in [9.17, 15) is 4.79 Å². The normalized spacial score (nSPS) is 30.6. The maximum Gasteiger partial charge on any atom is 0.348 e. The van der Waals surface area contributed by atoms with Gasteiger partial charge in [0, 0.05) is 6.54 Å². The summed E-state index contributed by atoms with van der Waals surface area (Å²) < 4.78 is 5.10. The van der Waals surface area contributed by atoms with E-state index in [2.05, 4.69) is 19.2 Å². The van der Waals surface area contributed by atoms with Gasteiger partial charge in [-0.15, -0.1) is 0 Å². The minimum atomic E-state index is -0.933. The van der Waals surface area contributed by atoms with Gasteiger partial charge in [-0.3, -0.25) is 5.32 Å². The molecule has 1 rings (SSSR count). The van der Waals surface area contributed by atoms with Crippen LogP contribution in [0, 0.1) is 11.8 Å². The van der Waals surface area contributed by atoms with Gasteiger partial charge in [0.05, 0.1) is 6.61 Å². The van der Waals surface area contributed by atoms with Gasteiger partial charge in [-0.2, -0.15) is 0 Å². The maximum atomic E-state index is 10.4. The minimum absolute atomic E-state index is 0.431. The lowest BCUT2D eigenvalue weighted by Gasteiger charge is -2.30. The Morgan fingerprint density at radius 1 is 1.67 bits per heavy atom. The average Bonchev–Trinajstić information content (AvgIpc) is 2.04. The summed E-state index contributed by atoms with van der Waals surface area (Å²) in [4.78, 5) is 10.4. The van der Waals surface area contributed by atoms with Crippen molar-refractivity contribution in [2.24, 2.45) is 11.8 Å². The van der Waals surface area contributed by atoms with Crippen molar-refractivity contribution in [3.8, 4) is 0 Å². The van der Waals surface area contributed by atoms with E-state index in [0.29, 0.717) is 18.4 Å². The van der Waals surface area contributed by atoms with Crippen molar-refractivity contribution in [3.05, 3.63) is 0 Å². The van der Waals surface area contributed by atoms with Crippen molar-refractivity contribution < 1.29 is 14.6 Å². The van der Waals surface area contributed by atoms with Crippen LogP contribution < -0.4 is 5.32 Å². The third-order valence-corrected chi connectivity index (χ3v) is 2.21.